The zero-order chi connectivity index (χ0) is 11.7. The fourth-order valence-corrected chi connectivity index (χ4v) is 1.39. The van der Waals surface area contributed by atoms with Crippen molar-refractivity contribution in [1.29, 1.82) is 0 Å². The number of nitrogens with two attached hydrogens (primary N) is 1. The summed E-state index contributed by atoms with van der Waals surface area (Å²) in [4.78, 5) is 2.36. The van der Waals surface area contributed by atoms with Crippen LogP contribution in [-0.4, -0.2) is 44.2 Å². The summed E-state index contributed by atoms with van der Waals surface area (Å²) in [6, 6.07) is 0.624. The Hall–Kier alpha value is -0.120. The van der Waals surface area contributed by atoms with Crippen molar-refractivity contribution in [2.45, 2.75) is 39.7 Å². The minimum Gasteiger partial charge on any atom is -0.330 e. The highest BCUT2D eigenvalue weighted by Crippen LogP contribution is 1.99. The lowest BCUT2D eigenvalue weighted by molar-refractivity contribution is 0.317. The third-order valence-electron chi connectivity index (χ3n) is 2.93. The molecule has 1 unspecified atom stereocenters. The normalized spacial score (nSPS) is 13.8. The Balaban J connectivity index is 3.30. The Morgan fingerprint density at radius 3 is 2.27 bits per heavy atom. The maximum absolute atomic E-state index is 5.47. The van der Waals surface area contributed by atoms with Crippen LogP contribution in [0.2, 0.25) is 0 Å². The Labute approximate surface area is 95.4 Å². The quantitative estimate of drug-likeness (QED) is 0.570. The molecule has 0 aromatic heterocycles. The molecule has 0 spiro atoms. The van der Waals surface area contributed by atoms with Gasteiger partial charge in [0.25, 0.3) is 0 Å². The van der Waals surface area contributed by atoms with Crippen molar-refractivity contribution < 1.29 is 0 Å². The second kappa shape index (κ2) is 9.13. The summed E-state index contributed by atoms with van der Waals surface area (Å²) >= 11 is 0. The molecule has 0 aromatic rings. The van der Waals surface area contributed by atoms with E-state index in [4.69, 9.17) is 5.73 Å². The van der Waals surface area contributed by atoms with Gasteiger partial charge in [0.1, 0.15) is 0 Å². The second-order valence-corrected chi connectivity index (χ2v) is 4.79. The van der Waals surface area contributed by atoms with E-state index in [0.717, 1.165) is 38.5 Å². The zero-order valence-electron chi connectivity index (χ0n) is 10.9. The topological polar surface area (TPSA) is 41.3 Å². The molecule has 0 bridgehead atoms. The first kappa shape index (κ1) is 14.9. The molecule has 3 heteroatoms. The van der Waals surface area contributed by atoms with Gasteiger partial charge in [-0.05, 0) is 58.9 Å². The van der Waals surface area contributed by atoms with E-state index in [2.05, 4.69) is 38.0 Å². The predicted octanol–water partition coefficient (Wildman–Crippen LogP) is 1.29. The van der Waals surface area contributed by atoms with Gasteiger partial charge < -0.3 is 16.0 Å². The summed E-state index contributed by atoms with van der Waals surface area (Å²) in [5.74, 6) is 0.722. The monoisotopic (exact) mass is 215 g/mol. The van der Waals surface area contributed by atoms with Crippen molar-refractivity contribution in [1.82, 2.24) is 10.2 Å². The second-order valence-electron chi connectivity index (χ2n) is 4.79. The van der Waals surface area contributed by atoms with E-state index in [-0.39, 0.29) is 0 Å². The Morgan fingerprint density at radius 2 is 1.73 bits per heavy atom. The molecule has 15 heavy (non-hydrogen) atoms. The third kappa shape index (κ3) is 8.85. The van der Waals surface area contributed by atoms with Crippen LogP contribution in [0, 0.1) is 5.92 Å². The lowest BCUT2D eigenvalue weighted by Crippen LogP contribution is -2.33. The van der Waals surface area contributed by atoms with Gasteiger partial charge in [-0.15, -0.1) is 0 Å². The molecule has 3 nitrogen and oxygen atoms in total. The Morgan fingerprint density at radius 1 is 1.13 bits per heavy atom. The molecular weight excluding hydrogens is 186 g/mol. The van der Waals surface area contributed by atoms with Gasteiger partial charge >= 0.3 is 0 Å². The van der Waals surface area contributed by atoms with E-state index in [1.54, 1.807) is 0 Å². The van der Waals surface area contributed by atoms with Crippen LogP contribution in [0.3, 0.4) is 0 Å². The molecule has 0 heterocycles. The van der Waals surface area contributed by atoms with Crippen LogP contribution in [0.4, 0.5) is 0 Å². The van der Waals surface area contributed by atoms with E-state index >= 15 is 0 Å². The largest absolute Gasteiger partial charge is 0.330 e. The molecule has 92 valence electrons. The standard InChI is InChI=1S/C12H29N3/c1-11(2)12(3)14-8-6-10-15(4)9-5-7-13/h11-12,14H,5-10,13H2,1-4H3. The van der Waals surface area contributed by atoms with E-state index in [1.807, 2.05) is 0 Å². The Bertz CT molecular complexity index is 137. The van der Waals surface area contributed by atoms with Gasteiger partial charge in [-0.3, -0.25) is 0 Å². The summed E-state index contributed by atoms with van der Waals surface area (Å²) in [6.07, 6.45) is 2.32. The van der Waals surface area contributed by atoms with E-state index in [0.29, 0.717) is 6.04 Å². The van der Waals surface area contributed by atoms with Crippen molar-refractivity contribution in [2.24, 2.45) is 11.7 Å². The number of hydrogen-bond acceptors (Lipinski definition) is 3. The molecule has 0 aliphatic rings. The number of nitrogens with one attached hydrogen (secondary N) is 1. The fourth-order valence-electron chi connectivity index (χ4n) is 1.39. The third-order valence-corrected chi connectivity index (χ3v) is 2.93. The van der Waals surface area contributed by atoms with Crippen molar-refractivity contribution in [3.63, 3.8) is 0 Å². The van der Waals surface area contributed by atoms with Crippen LogP contribution >= 0.6 is 0 Å². The lowest BCUT2D eigenvalue weighted by Gasteiger charge is -2.19. The highest BCUT2D eigenvalue weighted by molar-refractivity contribution is 4.64. The van der Waals surface area contributed by atoms with Crippen molar-refractivity contribution >= 4 is 0 Å². The summed E-state index contributed by atoms with van der Waals surface area (Å²) in [5.41, 5.74) is 5.47. The van der Waals surface area contributed by atoms with Crippen LogP contribution in [0.1, 0.15) is 33.6 Å². The summed E-state index contributed by atoms with van der Waals surface area (Å²) < 4.78 is 0. The molecule has 3 N–H and O–H groups in total. The van der Waals surface area contributed by atoms with Crippen molar-refractivity contribution in [3.05, 3.63) is 0 Å². The van der Waals surface area contributed by atoms with Gasteiger partial charge in [-0.1, -0.05) is 13.8 Å². The molecule has 0 aromatic carbocycles. The molecule has 0 aliphatic carbocycles. The molecule has 0 fully saturated rings. The predicted molar refractivity (Wildman–Crippen MR) is 68.1 cm³/mol. The molecular formula is C12H29N3. The Kier molecular flexibility index (Phi) is 9.06. The fraction of sp³-hybridized carbons (Fsp3) is 1.00. The minimum atomic E-state index is 0.624. The molecule has 0 saturated carbocycles. The van der Waals surface area contributed by atoms with Crippen molar-refractivity contribution in [3.8, 4) is 0 Å². The smallest absolute Gasteiger partial charge is 0.00617 e. The molecule has 0 aliphatic heterocycles. The van der Waals surface area contributed by atoms with Gasteiger partial charge in [-0.2, -0.15) is 0 Å². The minimum absolute atomic E-state index is 0.624. The highest BCUT2D eigenvalue weighted by Gasteiger charge is 2.05. The van der Waals surface area contributed by atoms with E-state index < -0.39 is 0 Å². The van der Waals surface area contributed by atoms with Gasteiger partial charge in [-0.25, -0.2) is 0 Å². The number of hydrogen-bond donors (Lipinski definition) is 2. The van der Waals surface area contributed by atoms with Gasteiger partial charge in [0.05, 0.1) is 0 Å². The lowest BCUT2D eigenvalue weighted by atomic mass is 10.1. The maximum Gasteiger partial charge on any atom is 0.00617 e. The molecule has 0 saturated heterocycles. The zero-order valence-corrected chi connectivity index (χ0v) is 10.9. The number of rotatable bonds is 9. The molecule has 0 rings (SSSR count). The van der Waals surface area contributed by atoms with E-state index in [1.165, 1.54) is 6.42 Å². The van der Waals surface area contributed by atoms with Gasteiger partial charge in [0.15, 0.2) is 0 Å². The SMILES string of the molecule is CC(C)C(C)NCCCN(C)CCCN. The summed E-state index contributed by atoms with van der Waals surface area (Å²) in [5, 5.41) is 3.54. The van der Waals surface area contributed by atoms with Crippen LogP contribution < -0.4 is 11.1 Å². The molecule has 0 amide bonds. The molecule has 0 radical (unpaired) electrons. The first-order valence-corrected chi connectivity index (χ1v) is 6.20. The first-order chi connectivity index (χ1) is 7.07. The van der Waals surface area contributed by atoms with Crippen LogP contribution in [0.25, 0.3) is 0 Å². The van der Waals surface area contributed by atoms with Gasteiger partial charge in [0, 0.05) is 6.04 Å². The first-order valence-electron chi connectivity index (χ1n) is 6.20. The average molecular weight is 215 g/mol. The maximum atomic E-state index is 5.47. The van der Waals surface area contributed by atoms with Crippen LogP contribution in [0.15, 0.2) is 0 Å². The van der Waals surface area contributed by atoms with E-state index in [9.17, 15) is 0 Å². The molecule has 1 atom stereocenters. The van der Waals surface area contributed by atoms with Gasteiger partial charge in [0.2, 0.25) is 0 Å². The number of nitrogens with zero attached hydrogens (tertiary/aromatic N) is 1. The summed E-state index contributed by atoms with van der Waals surface area (Å²) in [6.45, 7) is 11.0. The summed E-state index contributed by atoms with van der Waals surface area (Å²) in [7, 11) is 2.17. The highest BCUT2D eigenvalue weighted by atomic mass is 15.1. The van der Waals surface area contributed by atoms with Crippen molar-refractivity contribution in [2.75, 3.05) is 33.2 Å². The van der Waals surface area contributed by atoms with Crippen LogP contribution in [-0.2, 0) is 0 Å². The average Bonchev–Trinajstić information content (AvgIpc) is 2.20. The van der Waals surface area contributed by atoms with Crippen LogP contribution in [0.5, 0.6) is 0 Å².